The van der Waals surface area contributed by atoms with Gasteiger partial charge in [0.2, 0.25) is 5.76 Å². The first kappa shape index (κ1) is 12.6. The number of carboxylic acid groups (broad SMARTS) is 1. The van der Waals surface area contributed by atoms with Crippen molar-refractivity contribution in [3.63, 3.8) is 0 Å². The Bertz CT molecular complexity index is 507. The predicted molar refractivity (Wildman–Crippen MR) is 59.0 cm³/mol. The molecule has 0 bridgehead atoms. The number of carbonyl (C=O) groups is 2. The smallest absolute Gasteiger partial charge is 0.374 e. The Morgan fingerprint density at radius 3 is 2.71 bits per heavy atom. The van der Waals surface area contributed by atoms with Gasteiger partial charge in [0.1, 0.15) is 5.69 Å². The number of carboxylic acids is 1. The summed E-state index contributed by atoms with van der Waals surface area (Å²) in [5, 5.41) is 13.2. The Morgan fingerprint density at radius 1 is 1.65 bits per heavy atom. The fraction of sp³-hybridized carbons (Fsp3) is 0. The lowest BCUT2D eigenvalue weighted by molar-refractivity contribution is -0.136. The number of hydrogen-bond acceptors (Lipinski definition) is 7. The summed E-state index contributed by atoms with van der Waals surface area (Å²) in [5.41, 5.74) is 11.9. The molecule has 1 amide bonds. The van der Waals surface area contributed by atoms with E-state index < -0.39 is 23.3 Å². The highest BCUT2D eigenvalue weighted by molar-refractivity contribution is 7.13. The fourth-order valence-corrected chi connectivity index (χ4v) is 1.29. The van der Waals surface area contributed by atoms with Gasteiger partial charge in [0.15, 0.2) is 10.8 Å². The molecule has 0 aromatic carbocycles. The molecule has 1 aromatic heterocycles. The summed E-state index contributed by atoms with van der Waals surface area (Å²) in [6.45, 7) is 3.04. The second kappa shape index (κ2) is 5.07. The molecule has 0 fully saturated rings. The summed E-state index contributed by atoms with van der Waals surface area (Å²) < 4.78 is 0. The molecule has 0 aliphatic rings. The van der Waals surface area contributed by atoms with Gasteiger partial charge >= 0.3 is 5.97 Å². The molecule has 1 aromatic rings. The van der Waals surface area contributed by atoms with Crippen molar-refractivity contribution in [2.45, 2.75) is 0 Å². The van der Waals surface area contributed by atoms with Crippen molar-refractivity contribution < 1.29 is 19.5 Å². The van der Waals surface area contributed by atoms with E-state index in [0.29, 0.717) is 0 Å². The molecule has 89 valence electrons. The van der Waals surface area contributed by atoms with Gasteiger partial charge in [-0.1, -0.05) is 5.16 Å². The third-order valence-corrected chi connectivity index (χ3v) is 2.14. The van der Waals surface area contributed by atoms with Gasteiger partial charge in [-0.3, -0.25) is 10.5 Å². The number of aromatic nitrogens is 1. The first-order valence-corrected chi connectivity index (χ1v) is 4.94. The highest BCUT2D eigenvalue weighted by atomic mass is 32.1. The molecule has 1 heterocycles. The Hall–Kier alpha value is -2.42. The van der Waals surface area contributed by atoms with E-state index in [1.54, 1.807) is 0 Å². The molecule has 0 atom stereocenters. The zero-order chi connectivity index (χ0) is 13.0. The Kier molecular flexibility index (Phi) is 3.78. The van der Waals surface area contributed by atoms with Crippen molar-refractivity contribution in [2.75, 3.05) is 5.73 Å². The number of amides is 1. The van der Waals surface area contributed by atoms with Crippen LogP contribution in [0.5, 0.6) is 0 Å². The molecular formula is C8H7N4O4S. The number of nitrogens with two attached hydrogens (primary N) is 1. The normalized spacial score (nSPS) is 10.9. The Balaban J connectivity index is 2.94. The molecule has 0 unspecified atom stereocenters. The van der Waals surface area contributed by atoms with Gasteiger partial charge in [-0.25, -0.2) is 9.78 Å². The molecule has 0 spiro atoms. The van der Waals surface area contributed by atoms with Gasteiger partial charge in [-0.05, 0) is 6.58 Å². The van der Waals surface area contributed by atoms with Gasteiger partial charge in [0, 0.05) is 5.38 Å². The number of nitrogens with zero attached hydrogens (tertiary/aromatic N) is 2. The van der Waals surface area contributed by atoms with Crippen LogP contribution in [0.3, 0.4) is 0 Å². The van der Waals surface area contributed by atoms with E-state index in [0.717, 1.165) is 11.3 Å². The second-order valence-electron chi connectivity index (χ2n) is 2.66. The number of rotatable bonds is 5. The molecule has 1 rings (SSSR count). The minimum Gasteiger partial charge on any atom is -0.475 e. The maximum atomic E-state index is 10.9. The van der Waals surface area contributed by atoms with Crippen LogP contribution >= 0.6 is 11.3 Å². The van der Waals surface area contributed by atoms with Crippen LogP contribution in [0.1, 0.15) is 5.69 Å². The van der Waals surface area contributed by atoms with Gasteiger partial charge in [-0.2, -0.15) is 0 Å². The number of oxime groups is 1. The number of aliphatic carboxylic acids is 1. The zero-order valence-corrected chi connectivity index (χ0v) is 9.15. The van der Waals surface area contributed by atoms with E-state index in [1.807, 2.05) is 0 Å². The molecular weight excluding hydrogens is 248 g/mol. The minimum atomic E-state index is -1.43. The average Bonchev–Trinajstić information content (AvgIpc) is 2.64. The van der Waals surface area contributed by atoms with Crippen molar-refractivity contribution in [3.05, 3.63) is 23.4 Å². The lowest BCUT2D eigenvalue weighted by Gasteiger charge is -1.99. The fourth-order valence-electron chi connectivity index (χ4n) is 0.741. The monoisotopic (exact) mass is 255 g/mol. The van der Waals surface area contributed by atoms with Gasteiger partial charge in [-0.15, -0.1) is 11.3 Å². The summed E-state index contributed by atoms with van der Waals surface area (Å²) >= 11 is 1.05. The first-order chi connectivity index (χ1) is 7.91. The molecule has 9 heteroatoms. The van der Waals surface area contributed by atoms with Crippen molar-refractivity contribution in [3.8, 4) is 0 Å². The van der Waals surface area contributed by atoms with E-state index in [1.165, 1.54) is 5.38 Å². The van der Waals surface area contributed by atoms with Crippen LogP contribution < -0.4 is 11.5 Å². The van der Waals surface area contributed by atoms with Crippen LogP contribution in [0.15, 0.2) is 22.9 Å². The number of nitrogen functional groups attached to an aromatic ring is 1. The van der Waals surface area contributed by atoms with E-state index in [9.17, 15) is 9.59 Å². The van der Waals surface area contributed by atoms with E-state index >= 15 is 0 Å². The standard InChI is InChI=1S/C8H7N4O4S/c1-3(7(14)15)16-12-5(6(9)13)4-2-17-8(10)11-4/h2,9H,1H2,(H2,10,11)(H,14,15)/b12-5+. The number of carbonyl (C=O) groups excluding carboxylic acids is 1. The third kappa shape index (κ3) is 3.28. The van der Waals surface area contributed by atoms with Crippen LogP contribution in [0.4, 0.5) is 5.13 Å². The number of anilines is 1. The first-order valence-electron chi connectivity index (χ1n) is 4.06. The summed E-state index contributed by atoms with van der Waals surface area (Å²) in [5.74, 6) is -3.27. The highest BCUT2D eigenvalue weighted by Crippen LogP contribution is 2.12. The SMILES string of the molecule is C=C(O/N=C(/C([NH])=O)c1csc(N)n1)C(=O)O. The predicted octanol–water partition coefficient (Wildman–Crippen LogP) is -0.146. The molecule has 0 saturated heterocycles. The lowest BCUT2D eigenvalue weighted by Crippen LogP contribution is -2.17. The number of hydrogen-bond donors (Lipinski definition) is 2. The number of thiazole rings is 1. The Morgan fingerprint density at radius 2 is 2.29 bits per heavy atom. The molecule has 0 aliphatic heterocycles. The van der Waals surface area contributed by atoms with Crippen molar-refractivity contribution in [2.24, 2.45) is 5.16 Å². The summed E-state index contributed by atoms with van der Waals surface area (Å²) in [7, 11) is 0. The highest BCUT2D eigenvalue weighted by Gasteiger charge is 2.16. The van der Waals surface area contributed by atoms with E-state index in [4.69, 9.17) is 16.6 Å². The van der Waals surface area contributed by atoms with Crippen LogP contribution in [-0.2, 0) is 14.4 Å². The largest absolute Gasteiger partial charge is 0.475 e. The van der Waals surface area contributed by atoms with E-state index in [-0.39, 0.29) is 10.8 Å². The van der Waals surface area contributed by atoms with E-state index in [2.05, 4.69) is 21.6 Å². The minimum absolute atomic E-state index is 0.0469. The molecule has 8 nitrogen and oxygen atoms in total. The van der Waals surface area contributed by atoms with Crippen molar-refractivity contribution in [1.82, 2.24) is 10.7 Å². The summed E-state index contributed by atoms with van der Waals surface area (Å²) in [6.07, 6.45) is 0. The van der Waals surface area contributed by atoms with Crippen molar-refractivity contribution in [1.29, 1.82) is 0 Å². The third-order valence-electron chi connectivity index (χ3n) is 1.47. The van der Waals surface area contributed by atoms with Crippen LogP contribution in [0, 0.1) is 0 Å². The average molecular weight is 255 g/mol. The molecule has 1 radical (unpaired) electrons. The maximum absolute atomic E-state index is 10.9. The lowest BCUT2D eigenvalue weighted by atomic mass is 10.3. The van der Waals surface area contributed by atoms with Gasteiger partial charge in [0.05, 0.1) is 0 Å². The van der Waals surface area contributed by atoms with Crippen LogP contribution in [-0.4, -0.2) is 27.7 Å². The molecule has 17 heavy (non-hydrogen) atoms. The van der Waals surface area contributed by atoms with Crippen molar-refractivity contribution >= 4 is 34.1 Å². The molecule has 4 N–H and O–H groups in total. The molecule has 0 aliphatic carbocycles. The summed E-state index contributed by atoms with van der Waals surface area (Å²) in [6, 6.07) is 0. The van der Waals surface area contributed by atoms with Crippen LogP contribution in [0.25, 0.3) is 0 Å². The topological polar surface area (TPSA) is 139 Å². The zero-order valence-electron chi connectivity index (χ0n) is 8.34. The number of nitrogens with one attached hydrogen (secondary N) is 1. The second-order valence-corrected chi connectivity index (χ2v) is 3.55. The van der Waals surface area contributed by atoms with Gasteiger partial charge in [0.25, 0.3) is 5.91 Å². The molecule has 0 saturated carbocycles. The van der Waals surface area contributed by atoms with Gasteiger partial charge < -0.3 is 15.7 Å². The summed E-state index contributed by atoms with van der Waals surface area (Å²) in [4.78, 5) is 29.4. The maximum Gasteiger partial charge on any atom is 0.374 e. The Labute approximate surface area is 99.2 Å². The van der Waals surface area contributed by atoms with Crippen LogP contribution in [0.2, 0.25) is 0 Å². The quantitative estimate of drug-likeness (QED) is 0.324.